The number of nitrogens with one attached hydrogen (secondary N) is 2. The molecule has 1 aromatic heterocycles. The van der Waals surface area contributed by atoms with Crippen LogP contribution in [0, 0.1) is 0 Å². The van der Waals surface area contributed by atoms with Crippen LogP contribution >= 0.6 is 0 Å². The first kappa shape index (κ1) is 14.5. The second-order valence-electron chi connectivity index (χ2n) is 4.78. The van der Waals surface area contributed by atoms with Crippen LogP contribution in [-0.2, 0) is 6.54 Å². The Kier molecular flexibility index (Phi) is 4.35. The van der Waals surface area contributed by atoms with E-state index in [-0.39, 0.29) is 17.8 Å². The lowest BCUT2D eigenvalue weighted by atomic mass is 10.2. The van der Waals surface area contributed by atoms with Crippen LogP contribution in [-0.4, -0.2) is 63.6 Å². The molecule has 1 saturated heterocycles. The molecule has 0 amide bonds. The van der Waals surface area contributed by atoms with Gasteiger partial charge in [-0.25, -0.2) is 9.59 Å². The van der Waals surface area contributed by atoms with E-state index in [1.54, 1.807) is 0 Å². The number of carbonyl (C=O) groups is 1. The number of hydrogen-bond acceptors (Lipinski definition) is 5. The summed E-state index contributed by atoms with van der Waals surface area (Å²) in [4.78, 5) is 42.6. The van der Waals surface area contributed by atoms with Crippen molar-refractivity contribution in [3.63, 3.8) is 0 Å². The van der Waals surface area contributed by atoms with Crippen LogP contribution in [0.25, 0.3) is 0 Å². The van der Waals surface area contributed by atoms with Gasteiger partial charge >= 0.3 is 11.7 Å². The zero-order valence-corrected chi connectivity index (χ0v) is 11.3. The predicted octanol–water partition coefficient (Wildman–Crippen LogP) is -1.10. The molecule has 0 spiro atoms. The lowest BCUT2D eigenvalue weighted by molar-refractivity contribution is 0.0685. The average Bonchev–Trinajstić information content (AvgIpc) is 2.42. The predicted molar refractivity (Wildman–Crippen MR) is 72.0 cm³/mol. The fraction of sp³-hybridized carbons (Fsp3) is 0.583. The SMILES string of the molecule is CCN1CCN(Cc2c(C(=O)O)[nH]c(=O)[nH]c2=O)CC1. The average molecular weight is 282 g/mol. The molecular formula is C12H18N4O4. The van der Waals surface area contributed by atoms with Gasteiger partial charge in [-0.2, -0.15) is 0 Å². The highest BCUT2D eigenvalue weighted by Gasteiger charge is 2.21. The summed E-state index contributed by atoms with van der Waals surface area (Å²) in [5.74, 6) is -1.30. The van der Waals surface area contributed by atoms with Crippen molar-refractivity contribution < 1.29 is 9.90 Å². The van der Waals surface area contributed by atoms with Gasteiger partial charge in [0.1, 0.15) is 5.69 Å². The molecule has 1 aliphatic heterocycles. The van der Waals surface area contributed by atoms with Crippen molar-refractivity contribution in [3.8, 4) is 0 Å². The third kappa shape index (κ3) is 3.14. The van der Waals surface area contributed by atoms with Crippen molar-refractivity contribution in [2.24, 2.45) is 0 Å². The molecule has 8 nitrogen and oxygen atoms in total. The summed E-state index contributed by atoms with van der Waals surface area (Å²) in [6, 6.07) is 0. The van der Waals surface area contributed by atoms with E-state index in [2.05, 4.69) is 21.8 Å². The lowest BCUT2D eigenvalue weighted by Gasteiger charge is -2.33. The van der Waals surface area contributed by atoms with E-state index in [1.807, 2.05) is 4.90 Å². The van der Waals surface area contributed by atoms with Gasteiger partial charge in [0.05, 0.1) is 5.56 Å². The summed E-state index contributed by atoms with van der Waals surface area (Å²) in [7, 11) is 0. The maximum absolute atomic E-state index is 11.8. The molecule has 0 radical (unpaired) electrons. The summed E-state index contributed by atoms with van der Waals surface area (Å²) < 4.78 is 0. The normalized spacial score (nSPS) is 17.2. The van der Waals surface area contributed by atoms with E-state index < -0.39 is 17.2 Å². The fourth-order valence-corrected chi connectivity index (χ4v) is 2.33. The molecule has 1 fully saturated rings. The highest BCUT2D eigenvalue weighted by Crippen LogP contribution is 2.07. The van der Waals surface area contributed by atoms with E-state index in [0.29, 0.717) is 0 Å². The van der Waals surface area contributed by atoms with Gasteiger partial charge in [-0.3, -0.25) is 14.7 Å². The number of piperazine rings is 1. The van der Waals surface area contributed by atoms with E-state index in [1.165, 1.54) is 0 Å². The van der Waals surface area contributed by atoms with Crippen molar-refractivity contribution in [1.29, 1.82) is 0 Å². The molecule has 3 N–H and O–H groups in total. The Balaban J connectivity index is 2.20. The molecule has 1 aromatic rings. The molecule has 0 saturated carbocycles. The van der Waals surface area contributed by atoms with Gasteiger partial charge in [0, 0.05) is 32.7 Å². The molecular weight excluding hydrogens is 264 g/mol. The van der Waals surface area contributed by atoms with Gasteiger partial charge in [-0.05, 0) is 6.54 Å². The van der Waals surface area contributed by atoms with E-state index in [4.69, 9.17) is 5.11 Å². The van der Waals surface area contributed by atoms with Crippen LogP contribution in [0.3, 0.4) is 0 Å². The van der Waals surface area contributed by atoms with Gasteiger partial charge in [-0.1, -0.05) is 6.92 Å². The summed E-state index contributed by atoms with van der Waals surface area (Å²) in [5.41, 5.74) is -1.66. The summed E-state index contributed by atoms with van der Waals surface area (Å²) in [6.07, 6.45) is 0. The monoisotopic (exact) mass is 282 g/mol. The number of rotatable bonds is 4. The Morgan fingerprint density at radius 3 is 2.30 bits per heavy atom. The molecule has 8 heteroatoms. The number of carboxylic acids is 1. The Morgan fingerprint density at radius 2 is 1.75 bits per heavy atom. The van der Waals surface area contributed by atoms with E-state index >= 15 is 0 Å². The van der Waals surface area contributed by atoms with Gasteiger partial charge in [0.15, 0.2) is 0 Å². The molecule has 0 unspecified atom stereocenters. The van der Waals surface area contributed by atoms with Crippen LogP contribution in [0.1, 0.15) is 23.0 Å². The van der Waals surface area contributed by atoms with Crippen molar-refractivity contribution >= 4 is 5.97 Å². The number of aromatic carboxylic acids is 1. The van der Waals surface area contributed by atoms with Crippen molar-refractivity contribution in [2.75, 3.05) is 32.7 Å². The Labute approximate surface area is 115 Å². The number of aromatic nitrogens is 2. The summed E-state index contributed by atoms with van der Waals surface area (Å²) in [5, 5.41) is 9.07. The van der Waals surface area contributed by atoms with Gasteiger partial charge < -0.3 is 15.0 Å². The quantitative estimate of drug-likeness (QED) is 0.646. The van der Waals surface area contributed by atoms with Crippen LogP contribution < -0.4 is 11.2 Å². The number of H-pyrrole nitrogens is 2. The molecule has 110 valence electrons. The number of aromatic amines is 2. The molecule has 2 rings (SSSR count). The highest BCUT2D eigenvalue weighted by atomic mass is 16.4. The number of hydrogen-bond donors (Lipinski definition) is 3. The maximum atomic E-state index is 11.8. The zero-order chi connectivity index (χ0) is 14.7. The van der Waals surface area contributed by atoms with Gasteiger partial charge in [0.25, 0.3) is 5.56 Å². The van der Waals surface area contributed by atoms with E-state index in [9.17, 15) is 14.4 Å². The van der Waals surface area contributed by atoms with Crippen molar-refractivity contribution in [1.82, 2.24) is 19.8 Å². The third-order valence-corrected chi connectivity index (χ3v) is 3.55. The Morgan fingerprint density at radius 1 is 1.15 bits per heavy atom. The minimum Gasteiger partial charge on any atom is -0.477 e. The minimum absolute atomic E-state index is 0.0991. The second kappa shape index (κ2) is 6.02. The largest absolute Gasteiger partial charge is 0.477 e. The standard InChI is InChI=1S/C12H18N4O4/c1-2-15-3-5-16(6-4-15)7-8-9(11(18)19)13-12(20)14-10(8)17/h2-7H2,1H3,(H,18,19)(H2,13,14,17,20). The summed E-state index contributed by atoms with van der Waals surface area (Å²) in [6.45, 7) is 6.61. The highest BCUT2D eigenvalue weighted by molar-refractivity contribution is 5.86. The molecule has 20 heavy (non-hydrogen) atoms. The first-order valence-corrected chi connectivity index (χ1v) is 6.54. The molecule has 0 bridgehead atoms. The first-order chi connectivity index (χ1) is 9.51. The lowest BCUT2D eigenvalue weighted by Crippen LogP contribution is -2.46. The molecule has 2 heterocycles. The van der Waals surface area contributed by atoms with Crippen LogP contribution in [0.5, 0.6) is 0 Å². The van der Waals surface area contributed by atoms with Crippen LogP contribution in [0.4, 0.5) is 0 Å². The molecule has 0 aliphatic carbocycles. The molecule has 0 atom stereocenters. The smallest absolute Gasteiger partial charge is 0.352 e. The Bertz CT molecular complexity index is 598. The minimum atomic E-state index is -1.30. The topological polar surface area (TPSA) is 110 Å². The van der Waals surface area contributed by atoms with Gasteiger partial charge in [0.2, 0.25) is 0 Å². The van der Waals surface area contributed by atoms with Crippen LogP contribution in [0.15, 0.2) is 9.59 Å². The van der Waals surface area contributed by atoms with Gasteiger partial charge in [-0.15, -0.1) is 0 Å². The van der Waals surface area contributed by atoms with Crippen molar-refractivity contribution in [3.05, 3.63) is 32.1 Å². The van der Waals surface area contributed by atoms with E-state index in [0.717, 1.165) is 32.7 Å². The molecule has 0 aromatic carbocycles. The van der Waals surface area contributed by atoms with Crippen LogP contribution in [0.2, 0.25) is 0 Å². The number of carboxylic acid groups (broad SMARTS) is 1. The van der Waals surface area contributed by atoms with Crippen molar-refractivity contribution in [2.45, 2.75) is 13.5 Å². The number of nitrogens with zero attached hydrogens (tertiary/aromatic N) is 2. The number of likely N-dealkylation sites (N-methyl/N-ethyl adjacent to an activating group) is 1. The zero-order valence-electron chi connectivity index (χ0n) is 11.3. The third-order valence-electron chi connectivity index (χ3n) is 3.55. The Hall–Kier alpha value is -1.93. The molecule has 1 aliphatic rings. The first-order valence-electron chi connectivity index (χ1n) is 6.54. The fourth-order valence-electron chi connectivity index (χ4n) is 2.33. The summed E-state index contributed by atoms with van der Waals surface area (Å²) >= 11 is 0. The second-order valence-corrected chi connectivity index (χ2v) is 4.78. The maximum Gasteiger partial charge on any atom is 0.352 e.